The van der Waals surface area contributed by atoms with Crippen LogP contribution >= 0.6 is 0 Å². The van der Waals surface area contributed by atoms with Gasteiger partial charge >= 0.3 is 0 Å². The first-order chi connectivity index (χ1) is 12.6. The van der Waals surface area contributed by atoms with Gasteiger partial charge in [0.05, 0.1) is 5.69 Å². The Labute approximate surface area is 164 Å². The number of hydrogen-bond donors (Lipinski definition) is 0. The van der Waals surface area contributed by atoms with Crippen molar-refractivity contribution >= 4 is 21.9 Å². The summed E-state index contributed by atoms with van der Waals surface area (Å²) in [6, 6.07) is 13.5. The molecule has 4 nitrogen and oxygen atoms in total. The van der Waals surface area contributed by atoms with Crippen molar-refractivity contribution in [2.45, 2.75) is 51.9 Å². The van der Waals surface area contributed by atoms with Crippen molar-refractivity contribution in [1.29, 1.82) is 0 Å². The van der Waals surface area contributed by atoms with Crippen molar-refractivity contribution in [2.75, 3.05) is 13.1 Å². The lowest BCUT2D eigenvalue weighted by Crippen LogP contribution is -2.30. The third-order valence-corrected chi connectivity index (χ3v) is 6.65. The minimum absolute atomic E-state index is 0.0949. The van der Waals surface area contributed by atoms with E-state index in [1.165, 1.54) is 9.87 Å². The second-order valence-corrected chi connectivity index (χ2v) is 9.60. The van der Waals surface area contributed by atoms with Crippen LogP contribution in [0.4, 0.5) is 5.69 Å². The second-order valence-electron chi connectivity index (χ2n) is 7.69. The average Bonchev–Trinajstić information content (AvgIpc) is 2.61. The molecular formula is C22H30N2O2S. The summed E-state index contributed by atoms with van der Waals surface area (Å²) in [6.07, 6.45) is 1.72. The minimum Gasteiger partial charge on any atom is -0.255 e. The van der Waals surface area contributed by atoms with Crippen LogP contribution in [-0.2, 0) is 15.4 Å². The quantitative estimate of drug-likeness (QED) is 0.651. The molecule has 5 heteroatoms. The van der Waals surface area contributed by atoms with E-state index < -0.39 is 10.0 Å². The zero-order valence-corrected chi connectivity index (χ0v) is 18.0. The molecule has 0 fully saturated rings. The van der Waals surface area contributed by atoms with Gasteiger partial charge < -0.3 is 0 Å². The van der Waals surface area contributed by atoms with Crippen LogP contribution in [0, 0.1) is 6.92 Å². The molecule has 0 amide bonds. The van der Waals surface area contributed by atoms with Crippen LogP contribution in [0.2, 0.25) is 0 Å². The number of hydrogen-bond acceptors (Lipinski definition) is 3. The first-order valence-electron chi connectivity index (χ1n) is 9.35. The minimum atomic E-state index is -3.57. The van der Waals surface area contributed by atoms with Crippen LogP contribution in [0.25, 0.3) is 0 Å². The maximum absolute atomic E-state index is 13.0. The SMILES string of the molecule is CCN(CC)S(=O)(=O)c1cc(C)ccc1N=Cc1ccc(C(C)(C)C)cc1. The summed E-state index contributed by atoms with van der Waals surface area (Å²) in [5.41, 5.74) is 3.65. The first kappa shape index (κ1) is 21.3. The fraction of sp³-hybridized carbons (Fsp3) is 0.409. The Kier molecular flexibility index (Phi) is 6.60. The summed E-state index contributed by atoms with van der Waals surface area (Å²) >= 11 is 0. The van der Waals surface area contributed by atoms with Gasteiger partial charge in [-0.15, -0.1) is 0 Å². The molecule has 0 radical (unpaired) electrons. The van der Waals surface area contributed by atoms with Gasteiger partial charge in [0.15, 0.2) is 0 Å². The van der Waals surface area contributed by atoms with E-state index in [-0.39, 0.29) is 10.3 Å². The van der Waals surface area contributed by atoms with Gasteiger partial charge in [-0.2, -0.15) is 4.31 Å². The first-order valence-corrected chi connectivity index (χ1v) is 10.8. The Morgan fingerprint density at radius 1 is 1.00 bits per heavy atom. The van der Waals surface area contributed by atoms with Crippen molar-refractivity contribution in [3.8, 4) is 0 Å². The standard InChI is InChI=1S/C22H30N2O2S/c1-7-24(8-2)27(25,26)21-15-17(3)9-14-20(21)23-16-18-10-12-19(13-11-18)22(4,5)6/h9-16H,7-8H2,1-6H3. The van der Waals surface area contributed by atoms with Crippen molar-refractivity contribution in [3.63, 3.8) is 0 Å². The molecule has 2 aromatic rings. The van der Waals surface area contributed by atoms with E-state index >= 15 is 0 Å². The van der Waals surface area contributed by atoms with Crippen LogP contribution in [0.1, 0.15) is 51.3 Å². The monoisotopic (exact) mass is 386 g/mol. The lowest BCUT2D eigenvalue weighted by molar-refractivity contribution is 0.445. The van der Waals surface area contributed by atoms with Crippen LogP contribution in [-0.4, -0.2) is 32.0 Å². The molecule has 2 aromatic carbocycles. The molecule has 0 spiro atoms. The fourth-order valence-corrected chi connectivity index (χ4v) is 4.53. The molecule has 27 heavy (non-hydrogen) atoms. The molecule has 0 heterocycles. The predicted molar refractivity (Wildman–Crippen MR) is 114 cm³/mol. The molecule has 0 saturated carbocycles. The Bertz CT molecular complexity index is 904. The molecule has 0 saturated heterocycles. The van der Waals surface area contributed by atoms with Gasteiger partial charge in [-0.1, -0.05) is 65.0 Å². The molecule has 0 aliphatic heterocycles. The maximum atomic E-state index is 13.0. The number of aliphatic imine (C=N–C) groups is 1. The second kappa shape index (κ2) is 8.36. The highest BCUT2D eigenvalue weighted by Gasteiger charge is 2.24. The number of aryl methyl sites for hydroxylation is 1. The Morgan fingerprint density at radius 3 is 2.11 bits per heavy atom. The van der Waals surface area contributed by atoms with Crippen LogP contribution in [0.5, 0.6) is 0 Å². The summed E-state index contributed by atoms with van der Waals surface area (Å²) < 4.78 is 27.4. The van der Waals surface area contributed by atoms with Gasteiger partial charge in [-0.25, -0.2) is 8.42 Å². The smallest absolute Gasteiger partial charge is 0.245 e. The summed E-state index contributed by atoms with van der Waals surface area (Å²) in [5.74, 6) is 0. The van der Waals surface area contributed by atoms with Crippen LogP contribution < -0.4 is 0 Å². The topological polar surface area (TPSA) is 49.7 Å². The van der Waals surface area contributed by atoms with Gasteiger partial charge in [-0.05, 0) is 41.2 Å². The lowest BCUT2D eigenvalue weighted by atomic mass is 9.87. The maximum Gasteiger partial charge on any atom is 0.245 e. The number of nitrogens with zero attached hydrogens (tertiary/aromatic N) is 2. The molecule has 2 rings (SSSR count). The lowest BCUT2D eigenvalue weighted by Gasteiger charge is -2.20. The Hall–Kier alpha value is -1.98. The van der Waals surface area contributed by atoms with E-state index in [0.29, 0.717) is 18.8 Å². The van der Waals surface area contributed by atoms with Crippen molar-refractivity contribution in [3.05, 3.63) is 59.2 Å². The summed E-state index contributed by atoms with van der Waals surface area (Å²) in [4.78, 5) is 4.75. The number of rotatable bonds is 6. The molecule has 0 aliphatic carbocycles. The highest BCUT2D eigenvalue weighted by molar-refractivity contribution is 7.89. The van der Waals surface area contributed by atoms with Gasteiger partial charge in [0.2, 0.25) is 10.0 Å². The molecule has 0 aliphatic rings. The van der Waals surface area contributed by atoms with Crippen LogP contribution in [0.15, 0.2) is 52.4 Å². The fourth-order valence-electron chi connectivity index (χ4n) is 2.85. The molecule has 0 N–H and O–H groups in total. The van der Waals surface area contributed by atoms with Crippen molar-refractivity contribution < 1.29 is 8.42 Å². The van der Waals surface area contributed by atoms with E-state index in [1.807, 2.05) is 39.0 Å². The van der Waals surface area contributed by atoms with E-state index in [0.717, 1.165) is 11.1 Å². The molecule has 146 valence electrons. The van der Waals surface area contributed by atoms with Gasteiger partial charge in [0, 0.05) is 19.3 Å². The number of sulfonamides is 1. The molecule has 0 aromatic heterocycles. The molecular weight excluding hydrogens is 356 g/mol. The van der Waals surface area contributed by atoms with E-state index in [9.17, 15) is 8.42 Å². The van der Waals surface area contributed by atoms with Gasteiger partial charge in [-0.3, -0.25) is 4.99 Å². The van der Waals surface area contributed by atoms with Crippen LogP contribution in [0.3, 0.4) is 0 Å². The average molecular weight is 387 g/mol. The van der Waals surface area contributed by atoms with E-state index in [1.54, 1.807) is 18.3 Å². The summed E-state index contributed by atoms with van der Waals surface area (Å²) in [5, 5.41) is 0. The third kappa shape index (κ3) is 5.05. The van der Waals surface area contributed by atoms with Crippen molar-refractivity contribution in [1.82, 2.24) is 4.31 Å². The van der Waals surface area contributed by atoms with E-state index in [4.69, 9.17) is 0 Å². The van der Waals surface area contributed by atoms with Gasteiger partial charge in [0.25, 0.3) is 0 Å². The van der Waals surface area contributed by atoms with Crippen molar-refractivity contribution in [2.24, 2.45) is 4.99 Å². The highest BCUT2D eigenvalue weighted by atomic mass is 32.2. The Morgan fingerprint density at radius 2 is 1.59 bits per heavy atom. The molecule has 0 bridgehead atoms. The largest absolute Gasteiger partial charge is 0.255 e. The summed E-state index contributed by atoms with van der Waals surface area (Å²) in [7, 11) is -3.57. The number of benzene rings is 2. The third-order valence-electron chi connectivity index (χ3n) is 4.57. The zero-order valence-electron chi connectivity index (χ0n) is 17.2. The predicted octanol–water partition coefficient (Wildman–Crippen LogP) is 5.07. The highest BCUT2D eigenvalue weighted by Crippen LogP contribution is 2.28. The Balaban J connectivity index is 2.41. The van der Waals surface area contributed by atoms with Gasteiger partial charge in [0.1, 0.15) is 4.90 Å². The normalized spacial score (nSPS) is 12.9. The van der Waals surface area contributed by atoms with E-state index in [2.05, 4.69) is 37.9 Å². The summed E-state index contributed by atoms with van der Waals surface area (Å²) in [6.45, 7) is 13.0. The molecule has 0 unspecified atom stereocenters. The zero-order chi connectivity index (χ0) is 20.2. The molecule has 0 atom stereocenters.